The zero-order valence-corrected chi connectivity index (χ0v) is 35.7. The Morgan fingerprint density at radius 2 is 1.46 bits per heavy atom. The molecule has 3 aliphatic rings. The third-order valence-electron chi connectivity index (χ3n) is 12.6. The predicted octanol–water partition coefficient (Wildman–Crippen LogP) is 5.70. The summed E-state index contributed by atoms with van der Waals surface area (Å²) in [5.74, 6) is -0.963. The van der Waals surface area contributed by atoms with Crippen molar-refractivity contribution in [3.05, 3.63) is 60.7 Å². The predicted molar refractivity (Wildman–Crippen MR) is 223 cm³/mol. The molecule has 306 valence electrons. The number of Topliss-reactive ketones (excluding diaryl/α,β-unsaturated/α-hetero) is 1. The summed E-state index contributed by atoms with van der Waals surface area (Å²) in [6.45, 7) is 12.4. The van der Waals surface area contributed by atoms with Crippen LogP contribution in [0.15, 0.2) is 60.7 Å². The summed E-state index contributed by atoms with van der Waals surface area (Å²) in [6, 6.07) is 18.3. The first-order valence-corrected chi connectivity index (χ1v) is 23.2. The maximum Gasteiger partial charge on any atom is 0.262 e. The number of hydrogen-bond donors (Lipinski definition) is 3. The lowest BCUT2D eigenvalue weighted by Crippen LogP contribution is -2.68. The van der Waals surface area contributed by atoms with Gasteiger partial charge < -0.3 is 25.3 Å². The molecule has 0 unspecified atom stereocenters. The quantitative estimate of drug-likeness (QED) is 0.166. The Balaban J connectivity index is 1.24. The molecule has 1 saturated carbocycles. The lowest BCUT2D eigenvalue weighted by Gasteiger charge is -2.44. The minimum atomic E-state index is -2.90. The molecular weight excluding hydrogens is 721 g/mol. The molecule has 11 heteroatoms. The fraction of sp³-hybridized carbons (Fsp3) is 0.622. The zero-order chi connectivity index (χ0) is 40.5. The van der Waals surface area contributed by atoms with Crippen LogP contribution in [0.5, 0.6) is 0 Å². The average Bonchev–Trinajstić information content (AvgIpc) is 3.69. The standard InChI is InChI=1S/C45H66N4O6Si/c1-7-45(6)43(54)47-37(31-33-21-12-8-13-22-33)42(53)49-30-20-28-38(49)41(52)46-36(40(51)48-45)27-18-11-19-29-39(50)32(2)55-56(44(3,4)5,34-23-14-9-15-24-34)35-25-16-10-17-26-35/h9-10,14-17,23-26,32-33,36-38H,7-8,11-13,18-22,27-31H2,1-6H3,(H,46,52)(H,47,54)(H,48,51)/t32-,36-,37-,38+,45-/m0/s1. The van der Waals surface area contributed by atoms with Gasteiger partial charge in [0.2, 0.25) is 23.6 Å². The van der Waals surface area contributed by atoms with E-state index < -0.39 is 44.0 Å². The highest BCUT2D eigenvalue weighted by molar-refractivity contribution is 6.99. The number of unbranched alkanes of at least 4 members (excludes halogenated alkanes) is 2. The van der Waals surface area contributed by atoms with Crippen molar-refractivity contribution in [3.63, 3.8) is 0 Å². The zero-order valence-electron chi connectivity index (χ0n) is 34.7. The van der Waals surface area contributed by atoms with E-state index in [-0.39, 0.29) is 28.5 Å². The second-order valence-corrected chi connectivity index (χ2v) is 21.9. The number of rotatable bonds is 14. The van der Waals surface area contributed by atoms with E-state index in [1.54, 1.807) is 11.8 Å². The van der Waals surface area contributed by atoms with Gasteiger partial charge in [-0.1, -0.05) is 133 Å². The number of carbonyl (C=O) groups excluding carboxylic acids is 5. The Morgan fingerprint density at radius 3 is 2.05 bits per heavy atom. The lowest BCUT2D eigenvalue weighted by molar-refractivity contribution is -0.145. The summed E-state index contributed by atoms with van der Waals surface area (Å²) in [4.78, 5) is 71.0. The molecule has 2 saturated heterocycles. The maximum atomic E-state index is 14.1. The van der Waals surface area contributed by atoms with E-state index in [0.717, 1.165) is 36.1 Å². The SMILES string of the molecule is CC[C@]1(C)NC(=O)[C@H](CCCCCC(=O)[C@H](C)O[Si](c2ccccc2)(c2ccccc2)C(C)(C)C)NC(=O)[C@H]2CCCN2C(=O)[C@H](CC2CCCCC2)NC1=O. The van der Waals surface area contributed by atoms with Gasteiger partial charge in [0.25, 0.3) is 8.32 Å². The van der Waals surface area contributed by atoms with Crippen LogP contribution in [0.1, 0.15) is 131 Å². The molecule has 3 fully saturated rings. The molecule has 2 aliphatic heterocycles. The number of carbonyl (C=O) groups is 5. The van der Waals surface area contributed by atoms with Crippen LogP contribution in [0.25, 0.3) is 0 Å². The molecule has 0 radical (unpaired) electrons. The van der Waals surface area contributed by atoms with Crippen LogP contribution in [0.3, 0.4) is 0 Å². The van der Waals surface area contributed by atoms with Crippen molar-refractivity contribution in [1.82, 2.24) is 20.9 Å². The Morgan fingerprint density at radius 1 is 0.839 bits per heavy atom. The summed E-state index contributed by atoms with van der Waals surface area (Å²) in [7, 11) is -2.90. The van der Waals surface area contributed by atoms with Crippen LogP contribution in [0, 0.1) is 5.92 Å². The normalized spacial score (nSPS) is 25.0. The first-order chi connectivity index (χ1) is 26.7. The summed E-state index contributed by atoms with van der Waals surface area (Å²) >= 11 is 0. The Hall–Kier alpha value is -3.83. The van der Waals surface area contributed by atoms with Gasteiger partial charge >= 0.3 is 0 Å². The topological polar surface area (TPSA) is 134 Å². The van der Waals surface area contributed by atoms with Crippen molar-refractivity contribution in [2.75, 3.05) is 6.54 Å². The van der Waals surface area contributed by atoms with Crippen LogP contribution < -0.4 is 26.3 Å². The molecule has 5 atom stereocenters. The number of amides is 4. The number of benzene rings is 2. The fourth-order valence-corrected chi connectivity index (χ4v) is 13.7. The minimum absolute atomic E-state index is 0.0348. The molecule has 4 amide bonds. The van der Waals surface area contributed by atoms with E-state index in [9.17, 15) is 24.0 Å². The average molecular weight is 787 g/mol. The van der Waals surface area contributed by atoms with E-state index in [2.05, 4.69) is 61.0 Å². The Labute approximate surface area is 335 Å². The fourth-order valence-electron chi connectivity index (χ4n) is 9.05. The molecule has 56 heavy (non-hydrogen) atoms. The van der Waals surface area contributed by atoms with Crippen molar-refractivity contribution in [2.45, 2.75) is 166 Å². The van der Waals surface area contributed by atoms with Crippen molar-refractivity contribution in [1.29, 1.82) is 0 Å². The third-order valence-corrected chi connectivity index (χ3v) is 17.7. The first-order valence-electron chi connectivity index (χ1n) is 21.3. The van der Waals surface area contributed by atoms with Gasteiger partial charge in [-0.05, 0) is 73.7 Å². The van der Waals surface area contributed by atoms with Crippen LogP contribution in [-0.4, -0.2) is 78.9 Å². The Bertz CT molecular complexity index is 1620. The highest BCUT2D eigenvalue weighted by Gasteiger charge is 2.51. The molecule has 0 spiro atoms. The molecule has 2 heterocycles. The lowest BCUT2D eigenvalue weighted by atomic mass is 9.84. The van der Waals surface area contributed by atoms with Gasteiger partial charge in [-0.3, -0.25) is 24.0 Å². The smallest absolute Gasteiger partial charge is 0.262 e. The van der Waals surface area contributed by atoms with Crippen molar-refractivity contribution in [2.24, 2.45) is 5.92 Å². The van der Waals surface area contributed by atoms with Crippen LogP contribution in [0.4, 0.5) is 0 Å². The van der Waals surface area contributed by atoms with Crippen LogP contribution >= 0.6 is 0 Å². The Kier molecular flexibility index (Phi) is 14.7. The van der Waals surface area contributed by atoms with Crippen molar-refractivity contribution in [3.8, 4) is 0 Å². The monoisotopic (exact) mass is 786 g/mol. The largest absolute Gasteiger partial charge is 0.398 e. The molecule has 2 aromatic carbocycles. The van der Waals surface area contributed by atoms with E-state index in [4.69, 9.17) is 4.43 Å². The molecule has 2 aromatic rings. The molecule has 5 rings (SSSR count). The van der Waals surface area contributed by atoms with Gasteiger partial charge in [-0.15, -0.1) is 0 Å². The van der Waals surface area contributed by atoms with Gasteiger partial charge in [-0.2, -0.15) is 0 Å². The molecule has 1 aliphatic carbocycles. The number of nitrogens with one attached hydrogen (secondary N) is 3. The van der Waals surface area contributed by atoms with Gasteiger partial charge in [-0.25, -0.2) is 0 Å². The third kappa shape index (κ3) is 9.99. The number of hydrogen-bond acceptors (Lipinski definition) is 6. The van der Waals surface area contributed by atoms with Crippen LogP contribution in [0.2, 0.25) is 5.04 Å². The molecule has 10 nitrogen and oxygen atoms in total. The highest BCUT2D eigenvalue weighted by atomic mass is 28.4. The summed E-state index contributed by atoms with van der Waals surface area (Å²) in [5, 5.41) is 11.0. The van der Waals surface area contributed by atoms with E-state index in [1.165, 1.54) is 6.42 Å². The van der Waals surface area contributed by atoms with E-state index in [0.29, 0.717) is 70.3 Å². The second kappa shape index (κ2) is 19.1. The molecule has 3 N–H and O–H groups in total. The van der Waals surface area contributed by atoms with Gasteiger partial charge in [0.1, 0.15) is 29.8 Å². The van der Waals surface area contributed by atoms with Gasteiger partial charge in [0.15, 0.2) is 5.78 Å². The number of nitrogens with zero attached hydrogens (tertiary/aromatic N) is 1. The first kappa shape index (κ1) is 43.3. The highest BCUT2D eigenvalue weighted by Crippen LogP contribution is 2.38. The van der Waals surface area contributed by atoms with Gasteiger partial charge in [0.05, 0.1) is 0 Å². The molecule has 0 aromatic heterocycles. The van der Waals surface area contributed by atoms with Crippen LogP contribution in [-0.2, 0) is 28.4 Å². The summed E-state index contributed by atoms with van der Waals surface area (Å²) in [6.07, 6.45) is 9.44. The number of fused-ring (bicyclic) bond motifs is 1. The molecule has 0 bridgehead atoms. The molecular formula is C45H66N4O6Si. The summed E-state index contributed by atoms with van der Waals surface area (Å²) < 4.78 is 7.03. The number of ketones is 1. The van der Waals surface area contributed by atoms with Gasteiger partial charge in [0, 0.05) is 13.0 Å². The van der Waals surface area contributed by atoms with E-state index >= 15 is 0 Å². The minimum Gasteiger partial charge on any atom is -0.398 e. The van der Waals surface area contributed by atoms with E-state index in [1.807, 2.05) is 50.2 Å². The summed E-state index contributed by atoms with van der Waals surface area (Å²) in [5.41, 5.74) is -1.26. The van der Waals surface area contributed by atoms with Crippen molar-refractivity contribution < 1.29 is 28.4 Å². The van der Waals surface area contributed by atoms with Crippen molar-refractivity contribution >= 4 is 48.1 Å². The maximum absolute atomic E-state index is 14.1. The second-order valence-electron chi connectivity index (χ2n) is 17.7.